The normalized spacial score (nSPS) is 9.54. The van der Waals surface area contributed by atoms with Crippen LogP contribution >= 0.6 is 0 Å². The molecule has 2 nitrogen and oxygen atoms in total. The summed E-state index contributed by atoms with van der Waals surface area (Å²) in [5.41, 5.74) is 3.45. The van der Waals surface area contributed by atoms with Gasteiger partial charge in [0.15, 0.2) is 0 Å². The van der Waals surface area contributed by atoms with Crippen LogP contribution in [0, 0.1) is 13.8 Å². The average molecular weight is 176 g/mol. The fraction of sp³-hybridized carbons (Fsp3) is 0.364. The van der Waals surface area contributed by atoms with Gasteiger partial charge in [-0.1, -0.05) is 13.8 Å². The maximum atomic E-state index is 4.25. The zero-order valence-corrected chi connectivity index (χ0v) is 8.68. The van der Waals surface area contributed by atoms with Gasteiger partial charge in [0, 0.05) is 17.8 Å². The first kappa shape index (κ1) is 9.78. The van der Waals surface area contributed by atoms with Crippen LogP contribution in [0.1, 0.15) is 25.0 Å². The van der Waals surface area contributed by atoms with Gasteiger partial charge in [0.2, 0.25) is 0 Å². The summed E-state index contributed by atoms with van der Waals surface area (Å²) in [7, 11) is 0. The van der Waals surface area contributed by atoms with Crippen LogP contribution in [0.15, 0.2) is 18.5 Å². The molecule has 2 heterocycles. The van der Waals surface area contributed by atoms with Crippen molar-refractivity contribution in [3.63, 3.8) is 0 Å². The Kier molecular flexibility index (Phi) is 3.07. The molecule has 1 N–H and O–H groups in total. The van der Waals surface area contributed by atoms with E-state index < -0.39 is 0 Å². The summed E-state index contributed by atoms with van der Waals surface area (Å²) in [6, 6.07) is 2.15. The van der Waals surface area contributed by atoms with Crippen molar-refractivity contribution in [1.82, 2.24) is 9.97 Å². The molecule has 0 saturated carbocycles. The van der Waals surface area contributed by atoms with Crippen LogP contribution in [0.25, 0.3) is 11.0 Å². The third kappa shape index (κ3) is 1.89. The van der Waals surface area contributed by atoms with Crippen molar-refractivity contribution in [2.75, 3.05) is 0 Å². The van der Waals surface area contributed by atoms with E-state index in [9.17, 15) is 0 Å². The molecule has 0 spiro atoms. The van der Waals surface area contributed by atoms with Crippen LogP contribution in [-0.2, 0) is 0 Å². The molecule has 70 valence electrons. The lowest BCUT2D eigenvalue weighted by Gasteiger charge is -1.92. The molecule has 0 amide bonds. The van der Waals surface area contributed by atoms with Crippen LogP contribution in [0.5, 0.6) is 0 Å². The number of nitrogens with zero attached hydrogens (tertiary/aromatic N) is 1. The van der Waals surface area contributed by atoms with Crippen molar-refractivity contribution >= 4 is 11.0 Å². The van der Waals surface area contributed by atoms with Gasteiger partial charge < -0.3 is 4.98 Å². The number of hydrogen-bond donors (Lipinski definition) is 1. The minimum absolute atomic E-state index is 0.980. The summed E-state index contributed by atoms with van der Waals surface area (Å²) >= 11 is 0. The Hall–Kier alpha value is -1.31. The van der Waals surface area contributed by atoms with E-state index in [0.717, 1.165) is 5.65 Å². The second-order valence-corrected chi connectivity index (χ2v) is 2.88. The summed E-state index contributed by atoms with van der Waals surface area (Å²) in [6.07, 6.45) is 3.86. The van der Waals surface area contributed by atoms with Crippen molar-refractivity contribution in [3.05, 3.63) is 29.6 Å². The van der Waals surface area contributed by atoms with E-state index in [2.05, 4.69) is 29.9 Å². The highest BCUT2D eigenvalue weighted by molar-refractivity contribution is 5.79. The van der Waals surface area contributed by atoms with Crippen LogP contribution in [0.2, 0.25) is 0 Å². The Balaban J connectivity index is 0.000000396. The molecule has 0 aliphatic heterocycles. The van der Waals surface area contributed by atoms with Gasteiger partial charge in [-0.2, -0.15) is 0 Å². The fourth-order valence-electron chi connectivity index (χ4n) is 1.24. The molecule has 0 unspecified atom stereocenters. The molecule has 0 atom stereocenters. The largest absolute Gasteiger partial charge is 0.346 e. The topological polar surface area (TPSA) is 28.7 Å². The van der Waals surface area contributed by atoms with Crippen molar-refractivity contribution in [1.29, 1.82) is 0 Å². The highest BCUT2D eigenvalue weighted by atomic mass is 14.8. The zero-order valence-electron chi connectivity index (χ0n) is 8.68. The lowest BCUT2D eigenvalue weighted by atomic mass is 10.2. The predicted octanol–water partition coefficient (Wildman–Crippen LogP) is 3.21. The van der Waals surface area contributed by atoms with E-state index in [4.69, 9.17) is 0 Å². The molecule has 0 fully saturated rings. The molecule has 0 radical (unpaired) electrons. The van der Waals surface area contributed by atoms with Crippen LogP contribution in [0.4, 0.5) is 0 Å². The minimum atomic E-state index is 0.980. The number of aryl methyl sites for hydroxylation is 2. The molecule has 0 aromatic carbocycles. The molecular formula is C11H16N2. The van der Waals surface area contributed by atoms with Crippen LogP contribution in [0.3, 0.4) is 0 Å². The van der Waals surface area contributed by atoms with Crippen LogP contribution in [-0.4, -0.2) is 9.97 Å². The van der Waals surface area contributed by atoms with Gasteiger partial charge in [0.1, 0.15) is 5.65 Å². The number of aromatic nitrogens is 2. The van der Waals surface area contributed by atoms with E-state index in [1.807, 2.05) is 26.2 Å². The highest BCUT2D eigenvalue weighted by Gasteiger charge is 1.98. The van der Waals surface area contributed by atoms with Gasteiger partial charge >= 0.3 is 0 Å². The lowest BCUT2D eigenvalue weighted by Crippen LogP contribution is -1.78. The van der Waals surface area contributed by atoms with Crippen molar-refractivity contribution in [3.8, 4) is 0 Å². The second kappa shape index (κ2) is 4.08. The first-order valence-electron chi connectivity index (χ1n) is 4.68. The highest BCUT2D eigenvalue weighted by Crippen LogP contribution is 2.15. The molecule has 0 aliphatic rings. The quantitative estimate of drug-likeness (QED) is 0.656. The summed E-state index contributed by atoms with van der Waals surface area (Å²) in [5.74, 6) is 0. The number of aromatic amines is 1. The smallest absolute Gasteiger partial charge is 0.137 e. The Morgan fingerprint density at radius 1 is 1.23 bits per heavy atom. The monoisotopic (exact) mass is 176 g/mol. The molecule has 2 heteroatoms. The summed E-state index contributed by atoms with van der Waals surface area (Å²) in [4.78, 5) is 7.35. The van der Waals surface area contributed by atoms with Crippen molar-refractivity contribution < 1.29 is 0 Å². The lowest BCUT2D eigenvalue weighted by molar-refractivity contribution is 1.29. The number of nitrogens with one attached hydrogen (secondary N) is 1. The third-order valence-electron chi connectivity index (χ3n) is 1.87. The van der Waals surface area contributed by atoms with E-state index >= 15 is 0 Å². The average Bonchev–Trinajstić information content (AvgIpc) is 2.52. The van der Waals surface area contributed by atoms with Gasteiger partial charge in [-0.05, 0) is 31.0 Å². The first-order valence-corrected chi connectivity index (χ1v) is 4.68. The minimum Gasteiger partial charge on any atom is -0.346 e. The summed E-state index contributed by atoms with van der Waals surface area (Å²) < 4.78 is 0. The van der Waals surface area contributed by atoms with E-state index in [-0.39, 0.29) is 0 Å². The number of rotatable bonds is 0. The van der Waals surface area contributed by atoms with E-state index in [1.165, 1.54) is 16.5 Å². The Morgan fingerprint density at radius 3 is 2.62 bits per heavy atom. The molecule has 2 aromatic rings. The van der Waals surface area contributed by atoms with Gasteiger partial charge in [0.25, 0.3) is 0 Å². The Bertz CT molecular complexity index is 388. The van der Waals surface area contributed by atoms with Gasteiger partial charge in [0.05, 0.1) is 0 Å². The van der Waals surface area contributed by atoms with Gasteiger partial charge in [-0.3, -0.25) is 0 Å². The van der Waals surface area contributed by atoms with E-state index in [0.29, 0.717) is 0 Å². The maximum Gasteiger partial charge on any atom is 0.137 e. The Morgan fingerprint density at radius 2 is 1.92 bits per heavy atom. The molecular weight excluding hydrogens is 160 g/mol. The molecule has 13 heavy (non-hydrogen) atoms. The molecule has 2 aromatic heterocycles. The number of H-pyrrole nitrogens is 1. The Labute approximate surface area is 79.0 Å². The van der Waals surface area contributed by atoms with Crippen LogP contribution < -0.4 is 0 Å². The molecule has 0 bridgehead atoms. The van der Waals surface area contributed by atoms with Gasteiger partial charge in [-0.25, -0.2) is 4.98 Å². The zero-order chi connectivity index (χ0) is 9.84. The maximum absolute atomic E-state index is 4.25. The number of fused-ring (bicyclic) bond motifs is 1. The van der Waals surface area contributed by atoms with Gasteiger partial charge in [-0.15, -0.1) is 0 Å². The SMILES string of the molecule is CC.Cc1cnc2[nH]cc(C)c2c1. The van der Waals surface area contributed by atoms with Crippen molar-refractivity contribution in [2.24, 2.45) is 0 Å². The summed E-state index contributed by atoms with van der Waals surface area (Å²) in [6.45, 7) is 8.14. The third-order valence-corrected chi connectivity index (χ3v) is 1.87. The fourth-order valence-corrected chi connectivity index (χ4v) is 1.24. The second-order valence-electron chi connectivity index (χ2n) is 2.88. The number of pyridine rings is 1. The predicted molar refractivity (Wildman–Crippen MR) is 56.9 cm³/mol. The molecule has 2 rings (SSSR count). The molecule has 0 saturated heterocycles. The first-order chi connectivity index (χ1) is 6.27. The summed E-state index contributed by atoms with van der Waals surface area (Å²) in [5, 5.41) is 1.23. The van der Waals surface area contributed by atoms with E-state index in [1.54, 1.807) is 0 Å². The standard InChI is InChI=1S/C9H10N2.C2H6/c1-6-3-8-7(2)5-11-9(8)10-4-6;1-2/h3-5H,1-2H3,(H,10,11);1-2H3. The van der Waals surface area contributed by atoms with Crippen molar-refractivity contribution in [2.45, 2.75) is 27.7 Å². The number of hydrogen-bond acceptors (Lipinski definition) is 1. The molecule has 0 aliphatic carbocycles.